The van der Waals surface area contributed by atoms with Gasteiger partial charge >= 0.3 is 0 Å². The molecule has 7 heteroatoms. The van der Waals surface area contributed by atoms with E-state index < -0.39 is 0 Å². The van der Waals surface area contributed by atoms with Crippen molar-refractivity contribution in [1.82, 2.24) is 15.2 Å². The predicted molar refractivity (Wildman–Crippen MR) is 125 cm³/mol. The first-order chi connectivity index (χ1) is 15.1. The van der Waals surface area contributed by atoms with Gasteiger partial charge in [-0.05, 0) is 30.3 Å². The molecule has 1 aliphatic rings. The van der Waals surface area contributed by atoms with Crippen LogP contribution in [0.5, 0.6) is 0 Å². The van der Waals surface area contributed by atoms with Crippen LogP contribution in [-0.4, -0.2) is 69.3 Å². The summed E-state index contributed by atoms with van der Waals surface area (Å²) >= 11 is 0. The lowest BCUT2D eigenvalue weighted by atomic mass is 10.1. The van der Waals surface area contributed by atoms with Crippen molar-refractivity contribution in [3.63, 3.8) is 0 Å². The maximum Gasteiger partial charge on any atom is 0.252 e. The number of pyridine rings is 1. The van der Waals surface area contributed by atoms with E-state index in [0.717, 1.165) is 55.1 Å². The molecule has 1 aromatic heterocycles. The minimum atomic E-state index is -0.0862. The Balaban J connectivity index is 1.53. The quantitative estimate of drug-likeness (QED) is 0.613. The summed E-state index contributed by atoms with van der Waals surface area (Å²) in [6.07, 6.45) is 0. The lowest BCUT2D eigenvalue weighted by Crippen LogP contribution is -2.41. The first-order valence-corrected chi connectivity index (χ1v) is 10.6. The molecular formula is C24H29N5O2. The third kappa shape index (κ3) is 5.31. The standard InChI is InChI=1S/C24H29N5O2/c1-28(2)19-7-5-6-18(16-19)26-23-17-21(20-8-3-4-9-22(20)27-23)24(30)25-10-11-29-12-14-31-15-13-29/h3-9,16-17H,10-15H2,1-2H3,(H,25,30)(H,26,27). The summed E-state index contributed by atoms with van der Waals surface area (Å²) in [5.41, 5.74) is 3.42. The van der Waals surface area contributed by atoms with Crippen LogP contribution in [0.3, 0.4) is 0 Å². The number of hydrogen-bond donors (Lipinski definition) is 2. The van der Waals surface area contributed by atoms with Gasteiger partial charge in [0.05, 0.1) is 24.3 Å². The molecule has 1 saturated heterocycles. The summed E-state index contributed by atoms with van der Waals surface area (Å²) < 4.78 is 5.38. The van der Waals surface area contributed by atoms with Crippen molar-refractivity contribution >= 4 is 34.0 Å². The van der Waals surface area contributed by atoms with Crippen molar-refractivity contribution in [2.75, 3.05) is 63.7 Å². The van der Waals surface area contributed by atoms with Crippen molar-refractivity contribution < 1.29 is 9.53 Å². The maximum atomic E-state index is 13.0. The lowest BCUT2D eigenvalue weighted by Gasteiger charge is -2.26. The van der Waals surface area contributed by atoms with Crippen molar-refractivity contribution in [1.29, 1.82) is 0 Å². The van der Waals surface area contributed by atoms with Crippen LogP contribution >= 0.6 is 0 Å². The first kappa shape index (κ1) is 21.1. The molecular weight excluding hydrogens is 390 g/mol. The van der Waals surface area contributed by atoms with Crippen molar-refractivity contribution in [3.8, 4) is 0 Å². The van der Waals surface area contributed by atoms with Crippen LogP contribution < -0.4 is 15.5 Å². The molecule has 31 heavy (non-hydrogen) atoms. The molecule has 0 unspecified atom stereocenters. The number of hydrogen-bond acceptors (Lipinski definition) is 6. The number of anilines is 3. The molecule has 1 aliphatic heterocycles. The maximum absolute atomic E-state index is 13.0. The number of fused-ring (bicyclic) bond motifs is 1. The summed E-state index contributed by atoms with van der Waals surface area (Å²) in [5.74, 6) is 0.560. The molecule has 0 saturated carbocycles. The monoisotopic (exact) mass is 419 g/mol. The number of benzene rings is 2. The molecule has 162 valence electrons. The van der Waals surface area contributed by atoms with Gasteiger partial charge in [0.25, 0.3) is 5.91 Å². The number of morpholine rings is 1. The number of ether oxygens (including phenoxy) is 1. The van der Waals surface area contributed by atoms with E-state index in [2.05, 4.69) is 21.6 Å². The Labute approximate surface area is 183 Å². The van der Waals surface area contributed by atoms with Gasteiger partial charge in [0, 0.05) is 57.0 Å². The van der Waals surface area contributed by atoms with Crippen LogP contribution in [0.25, 0.3) is 10.9 Å². The van der Waals surface area contributed by atoms with Gasteiger partial charge in [-0.2, -0.15) is 0 Å². The minimum Gasteiger partial charge on any atom is -0.379 e. The Morgan fingerprint density at radius 2 is 1.90 bits per heavy atom. The third-order valence-electron chi connectivity index (χ3n) is 5.41. The largest absolute Gasteiger partial charge is 0.379 e. The number of amides is 1. The van der Waals surface area contributed by atoms with E-state index in [1.807, 2.05) is 67.5 Å². The molecule has 2 N–H and O–H groups in total. The van der Waals surface area contributed by atoms with Crippen molar-refractivity contribution in [2.45, 2.75) is 0 Å². The average Bonchev–Trinajstić information content (AvgIpc) is 2.79. The fourth-order valence-corrected chi connectivity index (χ4v) is 3.68. The zero-order valence-corrected chi connectivity index (χ0v) is 18.1. The molecule has 2 heterocycles. The van der Waals surface area contributed by atoms with E-state index in [-0.39, 0.29) is 5.91 Å². The Bertz CT molecular complexity index is 1050. The normalized spacial score (nSPS) is 14.4. The smallest absolute Gasteiger partial charge is 0.252 e. The van der Waals surface area contributed by atoms with E-state index >= 15 is 0 Å². The average molecular weight is 420 g/mol. The first-order valence-electron chi connectivity index (χ1n) is 10.6. The number of nitrogens with zero attached hydrogens (tertiary/aromatic N) is 3. The van der Waals surface area contributed by atoms with Gasteiger partial charge in [-0.3, -0.25) is 9.69 Å². The highest BCUT2D eigenvalue weighted by atomic mass is 16.5. The fraction of sp³-hybridized carbons (Fsp3) is 0.333. The van der Waals surface area contributed by atoms with Gasteiger partial charge < -0.3 is 20.3 Å². The molecule has 0 bridgehead atoms. The molecule has 2 aromatic carbocycles. The lowest BCUT2D eigenvalue weighted by molar-refractivity contribution is 0.0383. The molecule has 7 nitrogen and oxygen atoms in total. The van der Waals surface area contributed by atoms with E-state index in [4.69, 9.17) is 9.72 Å². The number of carbonyl (C=O) groups excluding carboxylic acids is 1. The third-order valence-corrected chi connectivity index (χ3v) is 5.41. The molecule has 4 rings (SSSR count). The summed E-state index contributed by atoms with van der Waals surface area (Å²) in [4.78, 5) is 22.1. The molecule has 1 fully saturated rings. The molecule has 0 radical (unpaired) electrons. The van der Waals surface area contributed by atoms with Gasteiger partial charge in [0.2, 0.25) is 0 Å². The topological polar surface area (TPSA) is 69.7 Å². The van der Waals surface area contributed by atoms with E-state index in [0.29, 0.717) is 17.9 Å². The van der Waals surface area contributed by atoms with Gasteiger partial charge in [-0.1, -0.05) is 24.3 Å². The van der Waals surface area contributed by atoms with Crippen LogP contribution in [0.2, 0.25) is 0 Å². The zero-order chi connectivity index (χ0) is 21.6. The van der Waals surface area contributed by atoms with E-state index in [9.17, 15) is 4.79 Å². The summed E-state index contributed by atoms with van der Waals surface area (Å²) in [6, 6.07) is 17.7. The van der Waals surface area contributed by atoms with Crippen LogP contribution in [-0.2, 0) is 4.74 Å². The number of nitrogens with one attached hydrogen (secondary N) is 2. The second-order valence-corrected chi connectivity index (χ2v) is 7.85. The highest BCUT2D eigenvalue weighted by Crippen LogP contribution is 2.25. The highest BCUT2D eigenvalue weighted by molar-refractivity contribution is 6.07. The van der Waals surface area contributed by atoms with Gasteiger partial charge in [-0.15, -0.1) is 0 Å². The second-order valence-electron chi connectivity index (χ2n) is 7.85. The van der Waals surface area contributed by atoms with Crippen molar-refractivity contribution in [2.24, 2.45) is 0 Å². The fourth-order valence-electron chi connectivity index (χ4n) is 3.68. The summed E-state index contributed by atoms with van der Waals surface area (Å²) in [7, 11) is 4.01. The second kappa shape index (κ2) is 9.76. The van der Waals surface area contributed by atoms with Crippen LogP contribution in [0.15, 0.2) is 54.6 Å². The zero-order valence-electron chi connectivity index (χ0n) is 18.1. The SMILES string of the molecule is CN(C)c1cccc(Nc2cc(C(=O)NCCN3CCOCC3)c3ccccc3n2)c1. The molecule has 1 amide bonds. The molecule has 0 aliphatic carbocycles. The van der Waals surface area contributed by atoms with Crippen LogP contribution in [0.1, 0.15) is 10.4 Å². The van der Waals surface area contributed by atoms with Crippen LogP contribution in [0, 0.1) is 0 Å². The molecule has 0 spiro atoms. The summed E-state index contributed by atoms with van der Waals surface area (Å²) in [6.45, 7) is 4.76. The van der Waals surface area contributed by atoms with E-state index in [1.54, 1.807) is 0 Å². The van der Waals surface area contributed by atoms with E-state index in [1.165, 1.54) is 0 Å². The van der Waals surface area contributed by atoms with Gasteiger partial charge in [-0.25, -0.2) is 4.98 Å². The molecule has 3 aromatic rings. The van der Waals surface area contributed by atoms with Crippen LogP contribution in [0.4, 0.5) is 17.2 Å². The number of para-hydroxylation sites is 1. The Hall–Kier alpha value is -3.16. The minimum absolute atomic E-state index is 0.0862. The number of rotatable bonds is 7. The van der Waals surface area contributed by atoms with Crippen molar-refractivity contribution in [3.05, 3.63) is 60.2 Å². The number of aromatic nitrogens is 1. The van der Waals surface area contributed by atoms with Gasteiger partial charge in [0.1, 0.15) is 5.82 Å². The number of carbonyl (C=O) groups is 1. The predicted octanol–water partition coefficient (Wildman–Crippen LogP) is 3.11. The highest BCUT2D eigenvalue weighted by Gasteiger charge is 2.15. The Morgan fingerprint density at radius 3 is 2.71 bits per heavy atom. The Kier molecular flexibility index (Phi) is 6.64. The van der Waals surface area contributed by atoms with Gasteiger partial charge in [0.15, 0.2) is 0 Å². The molecule has 0 atom stereocenters. The Morgan fingerprint density at radius 1 is 1.10 bits per heavy atom. The summed E-state index contributed by atoms with van der Waals surface area (Å²) in [5, 5.41) is 7.27.